The van der Waals surface area contributed by atoms with Crippen LogP contribution in [0, 0.1) is 6.92 Å². The van der Waals surface area contributed by atoms with E-state index in [1.807, 2.05) is 6.92 Å². The third kappa shape index (κ3) is 3.09. The average molecular weight is 313 g/mol. The van der Waals surface area contributed by atoms with Gasteiger partial charge in [-0.3, -0.25) is 0 Å². The number of hydrogen-bond acceptors (Lipinski definition) is 4. The van der Waals surface area contributed by atoms with Crippen molar-refractivity contribution in [3.63, 3.8) is 0 Å². The molecule has 2 rings (SSSR count). The van der Waals surface area contributed by atoms with E-state index in [1.165, 1.54) is 22.5 Å². The van der Waals surface area contributed by atoms with Crippen LogP contribution in [0.25, 0.3) is 0 Å². The number of hydrogen-bond donors (Lipinski definition) is 1. The summed E-state index contributed by atoms with van der Waals surface area (Å²) < 4.78 is 32.2. The first-order valence-electron chi connectivity index (χ1n) is 6.81. The normalized spacial score (nSPS) is 20.4. The fourth-order valence-corrected chi connectivity index (χ4v) is 4.10. The molecule has 0 amide bonds. The Hall–Kier alpha value is -1.44. The summed E-state index contributed by atoms with van der Waals surface area (Å²) >= 11 is 0. The monoisotopic (exact) mass is 313 g/mol. The highest BCUT2D eigenvalue weighted by Crippen LogP contribution is 2.24. The summed E-state index contributed by atoms with van der Waals surface area (Å²) in [7, 11) is -3.71. The molecule has 1 aliphatic rings. The Morgan fingerprint density at radius 1 is 1.48 bits per heavy atom. The predicted octanol–water partition coefficient (Wildman–Crippen LogP) is 1.49. The Kier molecular flexibility index (Phi) is 4.65. The Morgan fingerprint density at radius 2 is 2.19 bits per heavy atom. The second-order valence-corrected chi connectivity index (χ2v) is 6.93. The third-order valence-corrected chi connectivity index (χ3v) is 5.64. The van der Waals surface area contributed by atoms with Gasteiger partial charge in [-0.15, -0.1) is 0 Å². The van der Waals surface area contributed by atoms with Crippen molar-refractivity contribution in [2.24, 2.45) is 0 Å². The van der Waals surface area contributed by atoms with Crippen LogP contribution in [0.1, 0.15) is 29.3 Å². The highest BCUT2D eigenvalue weighted by molar-refractivity contribution is 7.89. The molecule has 1 fully saturated rings. The number of aromatic carboxylic acids is 1. The Morgan fingerprint density at radius 3 is 2.81 bits per heavy atom. The quantitative estimate of drug-likeness (QED) is 0.910. The molecule has 0 aromatic heterocycles. The van der Waals surface area contributed by atoms with Crippen LogP contribution in [0.5, 0.6) is 0 Å². The lowest BCUT2D eigenvalue weighted by Crippen LogP contribution is -2.48. The first-order valence-corrected chi connectivity index (χ1v) is 8.25. The van der Waals surface area contributed by atoms with Crippen LogP contribution in [-0.4, -0.2) is 49.6 Å². The molecule has 0 aliphatic carbocycles. The molecule has 0 bridgehead atoms. The van der Waals surface area contributed by atoms with Gasteiger partial charge in [0.2, 0.25) is 10.0 Å². The van der Waals surface area contributed by atoms with Crippen molar-refractivity contribution in [1.29, 1.82) is 0 Å². The smallest absolute Gasteiger partial charge is 0.335 e. The van der Waals surface area contributed by atoms with Crippen LogP contribution in [0.3, 0.4) is 0 Å². The molecule has 0 radical (unpaired) electrons. The van der Waals surface area contributed by atoms with E-state index in [1.54, 1.807) is 6.92 Å². The minimum Gasteiger partial charge on any atom is -0.478 e. The first kappa shape index (κ1) is 15.9. The molecular weight excluding hydrogens is 294 g/mol. The second-order valence-electron chi connectivity index (χ2n) is 5.03. The molecule has 1 aromatic carbocycles. The molecule has 116 valence electrons. The summed E-state index contributed by atoms with van der Waals surface area (Å²) in [6.45, 7) is 4.56. The first-order chi connectivity index (χ1) is 9.87. The topological polar surface area (TPSA) is 83.9 Å². The Balaban J connectivity index is 2.43. The SMILES string of the molecule is CCC1COCCN1S(=O)(=O)c1ccc(C)c(C(=O)O)c1. The number of carbonyl (C=O) groups is 1. The molecule has 1 saturated heterocycles. The predicted molar refractivity (Wildman–Crippen MR) is 76.9 cm³/mol. The van der Waals surface area contributed by atoms with Crippen molar-refractivity contribution in [3.05, 3.63) is 29.3 Å². The number of ether oxygens (including phenoxy) is 1. The van der Waals surface area contributed by atoms with E-state index in [2.05, 4.69) is 0 Å². The molecule has 1 N–H and O–H groups in total. The van der Waals surface area contributed by atoms with Crippen LogP contribution in [0.15, 0.2) is 23.1 Å². The number of carboxylic acids is 1. The lowest BCUT2D eigenvalue weighted by molar-refractivity contribution is 0.0314. The molecule has 1 heterocycles. The molecule has 0 spiro atoms. The van der Waals surface area contributed by atoms with Crippen molar-refractivity contribution in [2.45, 2.75) is 31.2 Å². The third-order valence-electron chi connectivity index (χ3n) is 3.69. The minimum absolute atomic E-state index is 0.0115. The van der Waals surface area contributed by atoms with Crippen LogP contribution in [-0.2, 0) is 14.8 Å². The molecule has 1 aromatic rings. The van der Waals surface area contributed by atoms with Gasteiger partial charge < -0.3 is 9.84 Å². The van der Waals surface area contributed by atoms with Gasteiger partial charge in [-0.1, -0.05) is 13.0 Å². The number of rotatable bonds is 4. The number of sulfonamides is 1. The van der Waals surface area contributed by atoms with E-state index in [0.717, 1.165) is 0 Å². The molecule has 21 heavy (non-hydrogen) atoms. The molecular formula is C14H19NO5S. The highest BCUT2D eigenvalue weighted by atomic mass is 32.2. The van der Waals surface area contributed by atoms with Crippen LogP contribution >= 0.6 is 0 Å². The summed E-state index contributed by atoms with van der Waals surface area (Å²) in [5.41, 5.74) is 0.549. The van der Waals surface area contributed by atoms with Crippen LogP contribution in [0.4, 0.5) is 0 Å². The van der Waals surface area contributed by atoms with E-state index in [9.17, 15) is 13.2 Å². The van der Waals surface area contributed by atoms with Crippen LogP contribution < -0.4 is 0 Å². The number of aryl methyl sites for hydroxylation is 1. The van der Waals surface area contributed by atoms with Crippen molar-refractivity contribution < 1.29 is 23.1 Å². The fourth-order valence-electron chi connectivity index (χ4n) is 2.40. The second kappa shape index (κ2) is 6.13. The summed E-state index contributed by atoms with van der Waals surface area (Å²) in [6.07, 6.45) is 0.650. The van der Waals surface area contributed by atoms with E-state index in [4.69, 9.17) is 9.84 Å². The summed E-state index contributed by atoms with van der Waals surface area (Å²) in [5.74, 6) is -1.13. The van der Waals surface area contributed by atoms with Gasteiger partial charge in [0.1, 0.15) is 0 Å². The van der Waals surface area contributed by atoms with Crippen molar-refractivity contribution in [3.8, 4) is 0 Å². The maximum absolute atomic E-state index is 12.7. The average Bonchev–Trinajstić information content (AvgIpc) is 2.47. The van der Waals surface area contributed by atoms with Crippen molar-refractivity contribution in [2.75, 3.05) is 19.8 Å². The molecule has 7 heteroatoms. The standard InChI is InChI=1S/C14H19NO5S/c1-3-11-9-20-7-6-15(11)21(18,19)12-5-4-10(2)13(8-12)14(16)17/h4-5,8,11H,3,6-7,9H2,1-2H3,(H,16,17). The summed E-state index contributed by atoms with van der Waals surface area (Å²) in [4.78, 5) is 11.2. The zero-order valence-corrected chi connectivity index (χ0v) is 12.9. The van der Waals surface area contributed by atoms with Gasteiger partial charge >= 0.3 is 5.97 Å². The number of nitrogens with zero attached hydrogens (tertiary/aromatic N) is 1. The van der Waals surface area contributed by atoms with E-state index in [-0.39, 0.29) is 23.0 Å². The zero-order chi connectivity index (χ0) is 15.6. The molecule has 0 saturated carbocycles. The van der Waals surface area contributed by atoms with Gasteiger partial charge in [-0.05, 0) is 31.0 Å². The highest BCUT2D eigenvalue weighted by Gasteiger charge is 2.33. The summed E-state index contributed by atoms with van der Waals surface area (Å²) in [6, 6.07) is 4.00. The van der Waals surface area contributed by atoms with E-state index >= 15 is 0 Å². The molecule has 1 unspecified atom stereocenters. The van der Waals surface area contributed by atoms with E-state index < -0.39 is 16.0 Å². The molecule has 1 aliphatic heterocycles. The minimum atomic E-state index is -3.71. The number of morpholine rings is 1. The van der Waals surface area contributed by atoms with Gasteiger partial charge in [0.05, 0.1) is 23.7 Å². The van der Waals surface area contributed by atoms with Crippen LogP contribution in [0.2, 0.25) is 0 Å². The lowest BCUT2D eigenvalue weighted by atomic mass is 10.1. The molecule has 6 nitrogen and oxygen atoms in total. The van der Waals surface area contributed by atoms with Crippen molar-refractivity contribution >= 4 is 16.0 Å². The van der Waals surface area contributed by atoms with E-state index in [0.29, 0.717) is 25.2 Å². The Labute approximate surface area is 124 Å². The maximum Gasteiger partial charge on any atom is 0.335 e. The maximum atomic E-state index is 12.7. The number of benzene rings is 1. The van der Waals surface area contributed by atoms with Gasteiger partial charge in [0, 0.05) is 12.6 Å². The van der Waals surface area contributed by atoms with Gasteiger partial charge in [0.25, 0.3) is 0 Å². The number of carboxylic acid groups (broad SMARTS) is 1. The van der Waals surface area contributed by atoms with Gasteiger partial charge in [0.15, 0.2) is 0 Å². The van der Waals surface area contributed by atoms with Crippen molar-refractivity contribution in [1.82, 2.24) is 4.31 Å². The zero-order valence-electron chi connectivity index (χ0n) is 12.1. The fraction of sp³-hybridized carbons (Fsp3) is 0.500. The lowest BCUT2D eigenvalue weighted by Gasteiger charge is -2.34. The Bertz CT molecular complexity index is 641. The van der Waals surface area contributed by atoms with Gasteiger partial charge in [-0.2, -0.15) is 4.31 Å². The molecule has 1 atom stereocenters. The summed E-state index contributed by atoms with van der Waals surface area (Å²) in [5, 5.41) is 9.14. The van der Waals surface area contributed by atoms with Gasteiger partial charge in [-0.25, -0.2) is 13.2 Å². The largest absolute Gasteiger partial charge is 0.478 e.